The summed E-state index contributed by atoms with van der Waals surface area (Å²) in [4.78, 5) is 28.5. The van der Waals surface area contributed by atoms with E-state index in [1.807, 2.05) is 61.8 Å². The molecule has 0 spiro atoms. The van der Waals surface area contributed by atoms with Crippen LogP contribution >= 0.6 is 0 Å². The van der Waals surface area contributed by atoms with Crippen LogP contribution in [0.15, 0.2) is 67.3 Å². The summed E-state index contributed by atoms with van der Waals surface area (Å²) < 4.78 is 42.4. The van der Waals surface area contributed by atoms with E-state index in [1.165, 1.54) is 6.20 Å². The maximum Gasteiger partial charge on any atom is 0.522 e. The van der Waals surface area contributed by atoms with Gasteiger partial charge in [-0.05, 0) is 43.4 Å². The third-order valence-corrected chi connectivity index (χ3v) is 7.50. The van der Waals surface area contributed by atoms with Crippen molar-refractivity contribution in [2.24, 2.45) is 7.05 Å². The standard InChI is InChI=1S/C31H33F3N10O2/c1-43-20-24(19-40-43)22-7-12-27(37-17-22)44(30(45)39-16-21-5-3-2-4-6-21)26-10-8-25(9-11-26)41-29-38-18-23(15-35)28(42-29)36-13-14-46-31(32,33)34/h2-7,12,17-20,25-26H,8-11,13-14,16H2,1H3,(H,39,45)(H2,36,38,41,42). The summed E-state index contributed by atoms with van der Waals surface area (Å²) in [5.74, 6) is 0.892. The van der Waals surface area contributed by atoms with E-state index in [0.29, 0.717) is 38.0 Å². The van der Waals surface area contributed by atoms with Gasteiger partial charge in [-0.15, -0.1) is 13.2 Å². The molecular formula is C31H33F3N10O2. The van der Waals surface area contributed by atoms with Crippen molar-refractivity contribution in [3.63, 3.8) is 0 Å². The molecule has 46 heavy (non-hydrogen) atoms. The number of urea groups is 1. The zero-order chi connectivity index (χ0) is 32.5. The Kier molecular flexibility index (Phi) is 10.3. The number of hydrogen-bond acceptors (Lipinski definition) is 9. The number of pyridine rings is 1. The fourth-order valence-electron chi connectivity index (χ4n) is 5.25. The smallest absolute Gasteiger partial charge is 0.366 e. The van der Waals surface area contributed by atoms with E-state index in [2.05, 4.69) is 40.7 Å². The molecule has 1 aliphatic rings. The van der Waals surface area contributed by atoms with Gasteiger partial charge in [-0.2, -0.15) is 15.3 Å². The van der Waals surface area contributed by atoms with Gasteiger partial charge in [0.2, 0.25) is 5.95 Å². The maximum atomic E-state index is 13.6. The van der Waals surface area contributed by atoms with E-state index < -0.39 is 13.0 Å². The number of alkyl halides is 3. The largest absolute Gasteiger partial charge is 0.522 e. The van der Waals surface area contributed by atoms with Crippen molar-refractivity contribution in [2.45, 2.75) is 50.7 Å². The van der Waals surface area contributed by atoms with E-state index in [4.69, 9.17) is 0 Å². The van der Waals surface area contributed by atoms with Gasteiger partial charge in [-0.1, -0.05) is 30.3 Å². The van der Waals surface area contributed by atoms with Crippen molar-refractivity contribution < 1.29 is 22.7 Å². The average molecular weight is 635 g/mol. The van der Waals surface area contributed by atoms with Crippen molar-refractivity contribution in [3.05, 3.63) is 78.4 Å². The minimum absolute atomic E-state index is 0.0271. The molecule has 1 aromatic carbocycles. The molecule has 0 radical (unpaired) electrons. The van der Waals surface area contributed by atoms with Gasteiger partial charge in [0, 0.05) is 55.7 Å². The first-order valence-electron chi connectivity index (χ1n) is 14.7. The molecular weight excluding hydrogens is 601 g/mol. The van der Waals surface area contributed by atoms with Crippen LogP contribution in [-0.4, -0.2) is 62.4 Å². The number of halogens is 3. The SMILES string of the molecule is Cn1cc(-c2ccc(N(C(=O)NCc3ccccc3)C3CCC(Nc4ncc(C#N)c(NCCOC(F)(F)F)n4)CC3)nc2)cn1. The Balaban J connectivity index is 1.24. The Morgan fingerprint density at radius 3 is 2.50 bits per heavy atom. The molecule has 0 saturated heterocycles. The number of ether oxygens (including phenoxy) is 1. The van der Waals surface area contributed by atoms with Crippen molar-refractivity contribution in [1.29, 1.82) is 5.26 Å². The van der Waals surface area contributed by atoms with Crippen LogP contribution in [-0.2, 0) is 18.3 Å². The second-order valence-electron chi connectivity index (χ2n) is 10.8. The zero-order valence-corrected chi connectivity index (χ0v) is 25.0. The average Bonchev–Trinajstić information content (AvgIpc) is 3.49. The predicted molar refractivity (Wildman–Crippen MR) is 165 cm³/mol. The normalized spacial score (nSPS) is 16.3. The Hall–Kier alpha value is -5.23. The molecule has 12 nitrogen and oxygen atoms in total. The summed E-state index contributed by atoms with van der Waals surface area (Å²) in [7, 11) is 1.84. The third-order valence-electron chi connectivity index (χ3n) is 7.50. The van der Waals surface area contributed by atoms with Crippen LogP contribution in [0, 0.1) is 11.3 Å². The summed E-state index contributed by atoms with van der Waals surface area (Å²) in [5.41, 5.74) is 2.89. The topological polar surface area (TPSA) is 146 Å². The van der Waals surface area contributed by atoms with Crippen LogP contribution in [0.5, 0.6) is 0 Å². The fraction of sp³-hybridized carbons (Fsp3) is 0.355. The number of carbonyl (C=O) groups excluding carboxylic acids is 1. The number of nitrogens with one attached hydrogen (secondary N) is 3. The van der Waals surface area contributed by atoms with Crippen LogP contribution in [0.1, 0.15) is 36.8 Å². The van der Waals surface area contributed by atoms with Crippen molar-refractivity contribution in [1.82, 2.24) is 30.0 Å². The molecule has 1 fully saturated rings. The van der Waals surface area contributed by atoms with E-state index in [1.54, 1.807) is 22.0 Å². The molecule has 5 rings (SSSR count). The molecule has 3 aromatic heterocycles. The van der Waals surface area contributed by atoms with Gasteiger partial charge in [-0.25, -0.2) is 14.8 Å². The van der Waals surface area contributed by atoms with Crippen LogP contribution in [0.3, 0.4) is 0 Å². The zero-order valence-electron chi connectivity index (χ0n) is 25.0. The number of anilines is 3. The summed E-state index contributed by atoms with van der Waals surface area (Å²) >= 11 is 0. The number of carbonyl (C=O) groups is 1. The molecule has 0 atom stereocenters. The van der Waals surface area contributed by atoms with E-state index >= 15 is 0 Å². The lowest BCUT2D eigenvalue weighted by Crippen LogP contribution is -2.49. The highest BCUT2D eigenvalue weighted by molar-refractivity contribution is 5.91. The predicted octanol–water partition coefficient (Wildman–Crippen LogP) is 5.23. The quantitative estimate of drug-likeness (QED) is 0.189. The number of rotatable bonds is 11. The highest BCUT2D eigenvalue weighted by Gasteiger charge is 2.31. The Morgan fingerprint density at radius 1 is 1.07 bits per heavy atom. The molecule has 3 heterocycles. The molecule has 0 bridgehead atoms. The van der Waals surface area contributed by atoms with Crippen molar-refractivity contribution >= 4 is 23.6 Å². The monoisotopic (exact) mass is 634 g/mol. The van der Waals surface area contributed by atoms with Crippen molar-refractivity contribution in [3.8, 4) is 17.2 Å². The Bertz CT molecular complexity index is 1630. The van der Waals surface area contributed by atoms with E-state index in [0.717, 1.165) is 16.7 Å². The molecule has 3 N–H and O–H groups in total. The van der Waals surface area contributed by atoms with Gasteiger partial charge in [0.15, 0.2) is 0 Å². The molecule has 4 aromatic rings. The van der Waals surface area contributed by atoms with Crippen LogP contribution < -0.4 is 20.9 Å². The fourth-order valence-corrected chi connectivity index (χ4v) is 5.25. The van der Waals surface area contributed by atoms with Gasteiger partial charge in [0.05, 0.1) is 19.0 Å². The first-order chi connectivity index (χ1) is 22.2. The lowest BCUT2D eigenvalue weighted by atomic mass is 9.90. The number of aromatic nitrogens is 5. The summed E-state index contributed by atoms with van der Waals surface area (Å²) in [6.07, 6.45) is 4.67. The molecule has 2 amide bonds. The Morgan fingerprint density at radius 2 is 1.85 bits per heavy atom. The number of benzene rings is 1. The van der Waals surface area contributed by atoms with Crippen LogP contribution in [0.2, 0.25) is 0 Å². The van der Waals surface area contributed by atoms with Crippen LogP contribution in [0.4, 0.5) is 35.5 Å². The number of nitriles is 1. The van der Waals surface area contributed by atoms with Crippen LogP contribution in [0.25, 0.3) is 11.1 Å². The lowest BCUT2D eigenvalue weighted by Gasteiger charge is -2.36. The number of nitrogens with zero attached hydrogens (tertiary/aromatic N) is 7. The van der Waals surface area contributed by atoms with Gasteiger partial charge < -0.3 is 16.0 Å². The van der Waals surface area contributed by atoms with Gasteiger partial charge >= 0.3 is 12.4 Å². The summed E-state index contributed by atoms with van der Waals surface area (Å²) in [6.45, 7) is -0.466. The second-order valence-corrected chi connectivity index (χ2v) is 10.8. The lowest BCUT2D eigenvalue weighted by molar-refractivity contribution is -0.322. The summed E-state index contributed by atoms with van der Waals surface area (Å²) in [5, 5.41) is 22.6. The maximum absolute atomic E-state index is 13.6. The van der Waals surface area contributed by atoms with Crippen molar-refractivity contribution in [2.75, 3.05) is 28.7 Å². The van der Waals surface area contributed by atoms with Gasteiger partial charge in [0.1, 0.15) is 23.3 Å². The van der Waals surface area contributed by atoms with E-state index in [-0.39, 0.29) is 42.0 Å². The molecule has 1 saturated carbocycles. The minimum Gasteiger partial charge on any atom is -0.366 e. The highest BCUT2D eigenvalue weighted by atomic mass is 19.4. The van der Waals surface area contributed by atoms with E-state index in [9.17, 15) is 23.2 Å². The number of amides is 2. The number of aryl methyl sites for hydroxylation is 1. The Labute approximate surface area is 263 Å². The highest BCUT2D eigenvalue weighted by Crippen LogP contribution is 2.30. The molecule has 0 aliphatic heterocycles. The first-order valence-corrected chi connectivity index (χ1v) is 14.7. The second kappa shape index (κ2) is 14.7. The number of hydrogen-bond donors (Lipinski definition) is 3. The molecule has 240 valence electrons. The minimum atomic E-state index is -4.74. The molecule has 15 heteroatoms. The third kappa shape index (κ3) is 8.69. The summed E-state index contributed by atoms with van der Waals surface area (Å²) in [6, 6.07) is 15.0. The molecule has 0 unspecified atom stereocenters. The van der Waals surface area contributed by atoms with Gasteiger partial charge in [0.25, 0.3) is 0 Å². The van der Waals surface area contributed by atoms with Gasteiger partial charge in [-0.3, -0.25) is 14.3 Å². The first kappa shape index (κ1) is 32.2. The molecule has 1 aliphatic carbocycles.